The van der Waals surface area contributed by atoms with E-state index in [1.807, 2.05) is 16.7 Å². The van der Waals surface area contributed by atoms with Crippen molar-refractivity contribution in [1.29, 1.82) is 0 Å². The Bertz CT molecular complexity index is 198. The molecule has 0 spiro atoms. The van der Waals surface area contributed by atoms with Gasteiger partial charge in [-0.05, 0) is 12.8 Å². The monoisotopic (exact) mass is 214 g/mol. The lowest BCUT2D eigenvalue weighted by Crippen LogP contribution is -2.47. The van der Waals surface area contributed by atoms with Crippen molar-refractivity contribution in [2.24, 2.45) is 0 Å². The van der Waals surface area contributed by atoms with Crippen molar-refractivity contribution in [2.45, 2.75) is 31.7 Å². The molecule has 2 fully saturated rings. The average molecular weight is 214 g/mol. The molecule has 1 aliphatic carbocycles. The fraction of sp³-hybridized carbons (Fsp3) is 0.900. The first-order valence-electron chi connectivity index (χ1n) is 5.49. The molecule has 14 heavy (non-hydrogen) atoms. The van der Waals surface area contributed by atoms with Crippen LogP contribution in [0.1, 0.15) is 25.7 Å². The quantitative estimate of drug-likeness (QED) is 0.720. The molecule has 2 aliphatic rings. The molecule has 80 valence electrons. The van der Waals surface area contributed by atoms with Crippen LogP contribution in [0, 0.1) is 0 Å². The fourth-order valence-electron chi connectivity index (χ4n) is 2.10. The van der Waals surface area contributed by atoms with Crippen LogP contribution in [0.15, 0.2) is 0 Å². The second-order valence-electron chi connectivity index (χ2n) is 4.03. The van der Waals surface area contributed by atoms with E-state index in [-0.39, 0.29) is 6.03 Å². The molecular weight excluding hydrogens is 196 g/mol. The fourth-order valence-corrected chi connectivity index (χ4v) is 3.01. The van der Waals surface area contributed by atoms with Crippen LogP contribution in [0.3, 0.4) is 0 Å². The summed E-state index contributed by atoms with van der Waals surface area (Å²) in [6.45, 7) is 1.84. The predicted molar refractivity (Wildman–Crippen MR) is 59.7 cm³/mol. The highest BCUT2D eigenvalue weighted by Gasteiger charge is 2.21. The topological polar surface area (TPSA) is 32.3 Å². The summed E-state index contributed by atoms with van der Waals surface area (Å²) in [7, 11) is 0. The maximum Gasteiger partial charge on any atom is 0.317 e. The van der Waals surface area contributed by atoms with E-state index >= 15 is 0 Å². The molecule has 0 bridgehead atoms. The first kappa shape index (κ1) is 10.1. The normalized spacial score (nSPS) is 23.9. The maximum absolute atomic E-state index is 11.8. The molecule has 1 aliphatic heterocycles. The lowest BCUT2D eigenvalue weighted by Gasteiger charge is -2.28. The number of hydrogen-bond donors (Lipinski definition) is 1. The van der Waals surface area contributed by atoms with Gasteiger partial charge < -0.3 is 10.2 Å². The van der Waals surface area contributed by atoms with Crippen LogP contribution in [-0.4, -0.2) is 41.6 Å². The summed E-state index contributed by atoms with van der Waals surface area (Å²) in [5, 5.41) is 3.13. The van der Waals surface area contributed by atoms with Crippen LogP contribution < -0.4 is 5.32 Å². The van der Waals surface area contributed by atoms with Gasteiger partial charge in [-0.1, -0.05) is 12.8 Å². The number of nitrogens with one attached hydrogen (secondary N) is 1. The number of thioether (sulfide) groups is 1. The van der Waals surface area contributed by atoms with Crippen molar-refractivity contribution in [2.75, 3.05) is 24.6 Å². The van der Waals surface area contributed by atoms with Crippen molar-refractivity contribution in [3.63, 3.8) is 0 Å². The van der Waals surface area contributed by atoms with E-state index in [0.29, 0.717) is 6.04 Å². The molecule has 2 amide bonds. The van der Waals surface area contributed by atoms with E-state index < -0.39 is 0 Å². The molecule has 0 aromatic carbocycles. The largest absolute Gasteiger partial charge is 0.335 e. The minimum absolute atomic E-state index is 0.164. The molecule has 4 heteroatoms. The highest BCUT2D eigenvalue weighted by molar-refractivity contribution is 7.99. The Morgan fingerprint density at radius 3 is 2.50 bits per heavy atom. The second kappa shape index (κ2) is 4.91. The molecule has 1 heterocycles. The highest BCUT2D eigenvalue weighted by Crippen LogP contribution is 2.18. The lowest BCUT2D eigenvalue weighted by atomic mass is 10.2. The van der Waals surface area contributed by atoms with E-state index in [0.717, 1.165) is 24.6 Å². The Hall–Kier alpha value is -0.380. The standard InChI is InChI=1S/C10H18N2OS/c13-10(11-9-3-1-2-4-9)12-5-7-14-8-6-12/h9H,1-8H2,(H,11,13). The number of urea groups is 1. The molecule has 3 nitrogen and oxygen atoms in total. The number of hydrogen-bond acceptors (Lipinski definition) is 2. The summed E-state index contributed by atoms with van der Waals surface area (Å²) in [4.78, 5) is 13.7. The Balaban J connectivity index is 1.75. The molecule has 0 aromatic rings. The average Bonchev–Trinajstić information content (AvgIpc) is 2.72. The van der Waals surface area contributed by atoms with Gasteiger partial charge in [-0.2, -0.15) is 11.8 Å². The summed E-state index contributed by atoms with van der Waals surface area (Å²) in [5.74, 6) is 2.19. The van der Waals surface area contributed by atoms with Gasteiger partial charge in [-0.3, -0.25) is 0 Å². The number of carbonyl (C=O) groups excluding carboxylic acids is 1. The van der Waals surface area contributed by atoms with Crippen molar-refractivity contribution >= 4 is 17.8 Å². The summed E-state index contributed by atoms with van der Waals surface area (Å²) in [6, 6.07) is 0.620. The minimum atomic E-state index is 0.164. The lowest BCUT2D eigenvalue weighted by molar-refractivity contribution is 0.199. The predicted octanol–water partition coefficient (Wildman–Crippen LogP) is 1.69. The van der Waals surface area contributed by atoms with Gasteiger partial charge in [-0.15, -0.1) is 0 Å². The van der Waals surface area contributed by atoms with Gasteiger partial charge in [0.25, 0.3) is 0 Å². The molecule has 1 saturated carbocycles. The molecule has 0 radical (unpaired) electrons. The Morgan fingerprint density at radius 2 is 1.86 bits per heavy atom. The van der Waals surface area contributed by atoms with Gasteiger partial charge in [0.15, 0.2) is 0 Å². The summed E-state index contributed by atoms with van der Waals surface area (Å²) in [5.41, 5.74) is 0. The zero-order valence-corrected chi connectivity index (χ0v) is 9.31. The van der Waals surface area contributed by atoms with E-state index in [2.05, 4.69) is 5.32 Å². The van der Waals surface area contributed by atoms with Crippen molar-refractivity contribution in [3.8, 4) is 0 Å². The van der Waals surface area contributed by atoms with Crippen LogP contribution in [0.4, 0.5) is 4.79 Å². The zero-order chi connectivity index (χ0) is 9.80. The number of nitrogens with zero attached hydrogens (tertiary/aromatic N) is 1. The third kappa shape index (κ3) is 2.56. The second-order valence-corrected chi connectivity index (χ2v) is 5.26. The SMILES string of the molecule is O=C(NC1CCCC1)N1CCSCC1. The molecule has 0 atom stereocenters. The highest BCUT2D eigenvalue weighted by atomic mass is 32.2. The molecular formula is C10H18N2OS. The molecule has 0 aromatic heterocycles. The Morgan fingerprint density at radius 1 is 1.21 bits per heavy atom. The molecule has 0 unspecified atom stereocenters. The number of carbonyl (C=O) groups is 1. The van der Waals surface area contributed by atoms with E-state index in [1.165, 1.54) is 25.7 Å². The van der Waals surface area contributed by atoms with E-state index in [1.54, 1.807) is 0 Å². The maximum atomic E-state index is 11.8. The Kier molecular flexibility index (Phi) is 3.56. The van der Waals surface area contributed by atoms with Crippen LogP contribution >= 0.6 is 11.8 Å². The van der Waals surface area contributed by atoms with Crippen molar-refractivity contribution in [3.05, 3.63) is 0 Å². The summed E-state index contributed by atoms with van der Waals surface area (Å²) in [6.07, 6.45) is 4.91. The first-order chi connectivity index (χ1) is 6.86. The van der Waals surface area contributed by atoms with Crippen LogP contribution in [-0.2, 0) is 0 Å². The first-order valence-corrected chi connectivity index (χ1v) is 6.65. The van der Waals surface area contributed by atoms with Gasteiger partial charge >= 0.3 is 6.03 Å². The van der Waals surface area contributed by atoms with Crippen LogP contribution in [0.5, 0.6) is 0 Å². The van der Waals surface area contributed by atoms with E-state index in [4.69, 9.17) is 0 Å². The number of rotatable bonds is 1. The van der Waals surface area contributed by atoms with Gasteiger partial charge in [-0.25, -0.2) is 4.79 Å². The van der Waals surface area contributed by atoms with Crippen LogP contribution in [0.2, 0.25) is 0 Å². The molecule has 1 N–H and O–H groups in total. The molecule has 1 saturated heterocycles. The third-order valence-corrected chi connectivity index (χ3v) is 3.92. The summed E-state index contributed by atoms with van der Waals surface area (Å²) >= 11 is 1.94. The van der Waals surface area contributed by atoms with Gasteiger partial charge in [0.05, 0.1) is 0 Å². The van der Waals surface area contributed by atoms with Gasteiger partial charge in [0.2, 0.25) is 0 Å². The van der Waals surface area contributed by atoms with Crippen LogP contribution in [0.25, 0.3) is 0 Å². The zero-order valence-electron chi connectivity index (χ0n) is 8.50. The van der Waals surface area contributed by atoms with Crippen molar-refractivity contribution in [1.82, 2.24) is 10.2 Å². The minimum Gasteiger partial charge on any atom is -0.335 e. The summed E-state index contributed by atoms with van der Waals surface area (Å²) < 4.78 is 0. The smallest absolute Gasteiger partial charge is 0.317 e. The van der Waals surface area contributed by atoms with Gasteiger partial charge in [0.1, 0.15) is 0 Å². The number of amides is 2. The van der Waals surface area contributed by atoms with E-state index in [9.17, 15) is 4.79 Å². The van der Waals surface area contributed by atoms with Gasteiger partial charge in [0, 0.05) is 30.6 Å². The third-order valence-electron chi connectivity index (χ3n) is 2.98. The molecule has 2 rings (SSSR count). The Labute approximate surface area is 89.6 Å². The van der Waals surface area contributed by atoms with Crippen molar-refractivity contribution < 1.29 is 4.79 Å².